The van der Waals surface area contributed by atoms with Gasteiger partial charge in [0.2, 0.25) is 0 Å². The first-order chi connectivity index (χ1) is 8.70. The third-order valence-corrected chi connectivity index (χ3v) is 4.65. The summed E-state index contributed by atoms with van der Waals surface area (Å²) in [4.78, 5) is 5.68. The predicted octanol–water partition coefficient (Wildman–Crippen LogP) is 4.46. The number of aryl methyl sites for hydroxylation is 1. The van der Waals surface area contributed by atoms with Crippen molar-refractivity contribution in [1.29, 1.82) is 0 Å². The topological polar surface area (TPSA) is 33.1 Å². The molecule has 90 valence electrons. The molecule has 0 aliphatic carbocycles. The molecule has 1 heterocycles. The van der Waals surface area contributed by atoms with Crippen LogP contribution in [0.1, 0.15) is 5.56 Å². The van der Waals surface area contributed by atoms with Crippen molar-refractivity contribution >= 4 is 33.3 Å². The van der Waals surface area contributed by atoms with Gasteiger partial charge >= 0.3 is 0 Å². The Bertz CT molecular complexity index is 689. The van der Waals surface area contributed by atoms with E-state index in [9.17, 15) is 5.11 Å². The molecule has 2 aromatic carbocycles. The van der Waals surface area contributed by atoms with Crippen molar-refractivity contribution in [2.45, 2.75) is 16.2 Å². The molecule has 0 fully saturated rings. The van der Waals surface area contributed by atoms with E-state index in [1.807, 2.05) is 12.1 Å². The summed E-state index contributed by atoms with van der Waals surface area (Å²) in [5, 5.41) is 9.25. The summed E-state index contributed by atoms with van der Waals surface area (Å²) in [5.74, 6) is 0.291. The highest BCUT2D eigenvalue weighted by Crippen LogP contribution is 2.35. The Labute approximate surface area is 113 Å². The van der Waals surface area contributed by atoms with Crippen LogP contribution in [0.15, 0.2) is 51.7 Å². The third-order valence-electron chi connectivity index (χ3n) is 2.57. The first-order valence-electron chi connectivity index (χ1n) is 5.55. The molecule has 0 atom stereocenters. The van der Waals surface area contributed by atoms with Crippen molar-refractivity contribution in [1.82, 2.24) is 4.98 Å². The lowest BCUT2D eigenvalue weighted by Gasteiger charge is -1.96. The Morgan fingerprint density at radius 3 is 2.67 bits per heavy atom. The van der Waals surface area contributed by atoms with Gasteiger partial charge in [-0.15, -0.1) is 11.3 Å². The van der Waals surface area contributed by atoms with Gasteiger partial charge in [-0.05, 0) is 48.9 Å². The largest absolute Gasteiger partial charge is 0.508 e. The highest BCUT2D eigenvalue weighted by atomic mass is 32.2. The van der Waals surface area contributed by atoms with Crippen molar-refractivity contribution in [2.75, 3.05) is 0 Å². The number of hydrogen-bond donors (Lipinski definition) is 1. The fraction of sp³-hybridized carbons (Fsp3) is 0.0714. The maximum Gasteiger partial charge on any atom is 0.155 e. The molecule has 0 saturated carbocycles. The van der Waals surface area contributed by atoms with E-state index >= 15 is 0 Å². The monoisotopic (exact) mass is 273 g/mol. The molecule has 0 unspecified atom stereocenters. The number of phenolic OH excluding ortho intramolecular Hbond substituents is 1. The quantitative estimate of drug-likeness (QED) is 0.748. The van der Waals surface area contributed by atoms with Crippen LogP contribution in [0.4, 0.5) is 0 Å². The maximum absolute atomic E-state index is 9.25. The van der Waals surface area contributed by atoms with E-state index in [1.165, 1.54) is 10.3 Å². The molecule has 0 bridgehead atoms. The summed E-state index contributed by atoms with van der Waals surface area (Å²) in [5.41, 5.74) is 2.30. The highest BCUT2D eigenvalue weighted by molar-refractivity contribution is 8.01. The molecule has 0 radical (unpaired) electrons. The van der Waals surface area contributed by atoms with Gasteiger partial charge in [-0.25, -0.2) is 4.98 Å². The minimum absolute atomic E-state index is 0.291. The normalized spacial score (nSPS) is 10.9. The van der Waals surface area contributed by atoms with Crippen LogP contribution in [0.3, 0.4) is 0 Å². The number of phenols is 1. The number of aromatic hydroxyl groups is 1. The van der Waals surface area contributed by atoms with Gasteiger partial charge in [0, 0.05) is 4.90 Å². The maximum atomic E-state index is 9.25. The molecule has 2 nitrogen and oxygen atoms in total. The molecule has 0 aliphatic rings. The molecule has 4 heteroatoms. The van der Waals surface area contributed by atoms with Gasteiger partial charge in [-0.1, -0.05) is 17.8 Å². The fourth-order valence-electron chi connectivity index (χ4n) is 1.67. The minimum atomic E-state index is 0.291. The van der Waals surface area contributed by atoms with Crippen molar-refractivity contribution in [2.24, 2.45) is 0 Å². The van der Waals surface area contributed by atoms with Crippen molar-refractivity contribution in [3.63, 3.8) is 0 Å². The molecule has 0 aliphatic heterocycles. The van der Waals surface area contributed by atoms with Gasteiger partial charge in [-0.3, -0.25) is 0 Å². The van der Waals surface area contributed by atoms with Crippen LogP contribution < -0.4 is 0 Å². The number of thiazole rings is 1. The second kappa shape index (κ2) is 4.63. The molecule has 0 spiro atoms. The minimum Gasteiger partial charge on any atom is -0.508 e. The van der Waals surface area contributed by atoms with Crippen LogP contribution in [0.2, 0.25) is 0 Å². The zero-order valence-corrected chi connectivity index (χ0v) is 11.4. The van der Waals surface area contributed by atoms with Gasteiger partial charge in [0.25, 0.3) is 0 Å². The summed E-state index contributed by atoms with van der Waals surface area (Å²) >= 11 is 3.32. The van der Waals surface area contributed by atoms with Gasteiger partial charge in [0.05, 0.1) is 10.2 Å². The average molecular weight is 273 g/mol. The Balaban J connectivity index is 1.92. The van der Waals surface area contributed by atoms with E-state index in [2.05, 4.69) is 30.1 Å². The fourth-order valence-corrected chi connectivity index (χ4v) is 3.81. The standard InChI is InChI=1S/C14H11NOS2/c1-9-2-7-12-13(8-9)18-14(15-12)17-11-5-3-10(16)4-6-11/h2-8,16H,1H3. The molecule has 1 N–H and O–H groups in total. The Morgan fingerprint density at radius 2 is 1.89 bits per heavy atom. The number of hydrogen-bond acceptors (Lipinski definition) is 4. The molecular formula is C14H11NOS2. The molecule has 0 amide bonds. The van der Waals surface area contributed by atoms with E-state index in [1.54, 1.807) is 35.2 Å². The van der Waals surface area contributed by atoms with E-state index in [4.69, 9.17) is 0 Å². The van der Waals surface area contributed by atoms with Crippen molar-refractivity contribution in [3.05, 3.63) is 48.0 Å². The van der Waals surface area contributed by atoms with Gasteiger partial charge in [0.1, 0.15) is 5.75 Å². The first kappa shape index (κ1) is 11.6. The summed E-state index contributed by atoms with van der Waals surface area (Å²) in [7, 11) is 0. The lowest BCUT2D eigenvalue weighted by molar-refractivity contribution is 0.475. The van der Waals surface area contributed by atoms with Crippen LogP contribution in [0.25, 0.3) is 10.2 Å². The summed E-state index contributed by atoms with van der Waals surface area (Å²) in [6.45, 7) is 2.09. The SMILES string of the molecule is Cc1ccc2nc(Sc3ccc(O)cc3)sc2c1. The van der Waals surface area contributed by atoms with E-state index in [0.29, 0.717) is 5.75 Å². The van der Waals surface area contributed by atoms with E-state index in [0.717, 1.165) is 14.8 Å². The zero-order chi connectivity index (χ0) is 12.5. The van der Waals surface area contributed by atoms with Crippen LogP contribution in [0, 0.1) is 6.92 Å². The summed E-state index contributed by atoms with van der Waals surface area (Å²) in [6, 6.07) is 13.5. The lowest BCUT2D eigenvalue weighted by atomic mass is 10.2. The zero-order valence-electron chi connectivity index (χ0n) is 9.75. The lowest BCUT2D eigenvalue weighted by Crippen LogP contribution is -1.72. The summed E-state index contributed by atoms with van der Waals surface area (Å²) in [6.07, 6.45) is 0. The number of benzene rings is 2. The van der Waals surface area contributed by atoms with Gasteiger partial charge < -0.3 is 5.11 Å². The molecule has 3 aromatic rings. The Morgan fingerprint density at radius 1 is 1.11 bits per heavy atom. The predicted molar refractivity (Wildman–Crippen MR) is 76.6 cm³/mol. The highest BCUT2D eigenvalue weighted by Gasteiger charge is 2.05. The number of rotatable bonds is 2. The number of nitrogens with zero attached hydrogens (tertiary/aromatic N) is 1. The second-order valence-corrected chi connectivity index (χ2v) is 6.40. The van der Waals surface area contributed by atoms with E-state index in [-0.39, 0.29) is 0 Å². The van der Waals surface area contributed by atoms with Gasteiger partial charge in [-0.2, -0.15) is 0 Å². The van der Waals surface area contributed by atoms with Gasteiger partial charge in [0.15, 0.2) is 4.34 Å². The molecule has 0 saturated heterocycles. The first-order valence-corrected chi connectivity index (χ1v) is 7.18. The molecule has 18 heavy (non-hydrogen) atoms. The van der Waals surface area contributed by atoms with Crippen molar-refractivity contribution < 1.29 is 5.11 Å². The van der Waals surface area contributed by atoms with Crippen LogP contribution >= 0.6 is 23.1 Å². The Hall–Kier alpha value is -1.52. The van der Waals surface area contributed by atoms with Crippen LogP contribution in [-0.2, 0) is 0 Å². The smallest absolute Gasteiger partial charge is 0.155 e. The Kier molecular flexibility index (Phi) is 2.97. The number of aromatic nitrogens is 1. The summed E-state index contributed by atoms with van der Waals surface area (Å²) < 4.78 is 2.25. The third kappa shape index (κ3) is 2.35. The number of fused-ring (bicyclic) bond motifs is 1. The molecule has 1 aromatic heterocycles. The molecule has 3 rings (SSSR count). The molecular weight excluding hydrogens is 262 g/mol. The van der Waals surface area contributed by atoms with Crippen molar-refractivity contribution in [3.8, 4) is 5.75 Å². The van der Waals surface area contributed by atoms with Crippen LogP contribution in [-0.4, -0.2) is 10.1 Å². The average Bonchev–Trinajstić information content (AvgIpc) is 2.73. The van der Waals surface area contributed by atoms with E-state index < -0.39 is 0 Å². The van der Waals surface area contributed by atoms with Crippen LogP contribution in [0.5, 0.6) is 5.75 Å². The second-order valence-electron chi connectivity index (χ2n) is 4.05.